The second-order valence-corrected chi connectivity index (χ2v) is 4.61. The van der Waals surface area contributed by atoms with Gasteiger partial charge in [-0.1, -0.05) is 12.5 Å². The van der Waals surface area contributed by atoms with Gasteiger partial charge < -0.3 is 10.1 Å². The van der Waals surface area contributed by atoms with Crippen LogP contribution in [0, 0.1) is 5.82 Å². The number of ether oxygens (including phenoxy) is 1. The largest absolute Gasteiger partial charge is 0.496 e. The molecule has 2 rings (SSSR count). The molecule has 1 N–H and O–H groups in total. The minimum atomic E-state index is -0.153. The van der Waals surface area contributed by atoms with Crippen LogP contribution in [0.4, 0.5) is 4.39 Å². The topological polar surface area (TPSA) is 21.3 Å². The molecule has 1 aliphatic heterocycles. The first kappa shape index (κ1) is 12.4. The van der Waals surface area contributed by atoms with Crippen LogP contribution >= 0.6 is 0 Å². The number of piperidine rings is 1. The monoisotopic (exact) mass is 237 g/mol. The molecule has 1 atom stereocenters. The van der Waals surface area contributed by atoms with E-state index in [4.69, 9.17) is 4.74 Å². The fourth-order valence-electron chi connectivity index (χ4n) is 2.46. The number of hydrogen-bond acceptors (Lipinski definition) is 2. The van der Waals surface area contributed by atoms with Crippen LogP contribution in [0.25, 0.3) is 0 Å². The maximum Gasteiger partial charge on any atom is 0.130 e. The number of nitrogens with one attached hydrogen (secondary N) is 1. The molecule has 1 heterocycles. The highest BCUT2D eigenvalue weighted by Crippen LogP contribution is 2.24. The predicted molar refractivity (Wildman–Crippen MR) is 66.9 cm³/mol. The van der Waals surface area contributed by atoms with Crippen LogP contribution < -0.4 is 10.1 Å². The SMILES string of the molecule is COc1cccc(F)c1CCC1CCCCN1. The predicted octanol–water partition coefficient (Wildman–Crippen LogP) is 2.91. The summed E-state index contributed by atoms with van der Waals surface area (Å²) in [4.78, 5) is 0. The van der Waals surface area contributed by atoms with Crippen molar-refractivity contribution in [1.82, 2.24) is 5.32 Å². The zero-order valence-corrected chi connectivity index (χ0v) is 10.3. The molecular formula is C14H20FNO. The maximum atomic E-state index is 13.7. The Morgan fingerprint density at radius 3 is 3.00 bits per heavy atom. The number of rotatable bonds is 4. The Labute approximate surface area is 102 Å². The van der Waals surface area contributed by atoms with Gasteiger partial charge in [-0.2, -0.15) is 0 Å². The van der Waals surface area contributed by atoms with Gasteiger partial charge in [0.05, 0.1) is 7.11 Å². The number of hydrogen-bond donors (Lipinski definition) is 1. The molecular weight excluding hydrogens is 217 g/mol. The van der Waals surface area contributed by atoms with E-state index in [0.717, 1.165) is 19.4 Å². The molecule has 1 fully saturated rings. The zero-order valence-electron chi connectivity index (χ0n) is 10.3. The fourth-order valence-corrected chi connectivity index (χ4v) is 2.46. The highest BCUT2D eigenvalue weighted by atomic mass is 19.1. The van der Waals surface area contributed by atoms with Crippen molar-refractivity contribution in [2.45, 2.75) is 38.1 Å². The van der Waals surface area contributed by atoms with Gasteiger partial charge in [0.25, 0.3) is 0 Å². The van der Waals surface area contributed by atoms with Gasteiger partial charge >= 0.3 is 0 Å². The summed E-state index contributed by atoms with van der Waals surface area (Å²) in [6.07, 6.45) is 5.48. The molecule has 1 aromatic rings. The van der Waals surface area contributed by atoms with Gasteiger partial charge in [-0.15, -0.1) is 0 Å². The molecule has 0 radical (unpaired) electrons. The van der Waals surface area contributed by atoms with Crippen LogP contribution in [0.5, 0.6) is 5.75 Å². The third kappa shape index (κ3) is 3.19. The first-order chi connectivity index (χ1) is 8.31. The first-order valence-corrected chi connectivity index (χ1v) is 6.36. The normalized spacial score (nSPS) is 20.2. The summed E-state index contributed by atoms with van der Waals surface area (Å²) < 4.78 is 18.9. The van der Waals surface area contributed by atoms with Gasteiger partial charge in [0.15, 0.2) is 0 Å². The Kier molecular flexibility index (Phi) is 4.37. The number of methoxy groups -OCH3 is 1. The molecule has 1 aromatic carbocycles. The third-order valence-corrected chi connectivity index (χ3v) is 3.45. The van der Waals surface area contributed by atoms with Crippen molar-refractivity contribution >= 4 is 0 Å². The molecule has 0 aromatic heterocycles. The van der Waals surface area contributed by atoms with Crippen LogP contribution in [-0.2, 0) is 6.42 Å². The summed E-state index contributed by atoms with van der Waals surface area (Å²) >= 11 is 0. The van der Waals surface area contributed by atoms with Crippen LogP contribution in [0.1, 0.15) is 31.2 Å². The van der Waals surface area contributed by atoms with E-state index in [1.165, 1.54) is 25.3 Å². The lowest BCUT2D eigenvalue weighted by atomic mass is 9.97. The highest BCUT2D eigenvalue weighted by molar-refractivity contribution is 5.34. The van der Waals surface area contributed by atoms with Crippen molar-refractivity contribution in [2.75, 3.05) is 13.7 Å². The number of benzene rings is 1. The van der Waals surface area contributed by atoms with Crippen molar-refractivity contribution in [3.63, 3.8) is 0 Å². The molecule has 3 heteroatoms. The van der Waals surface area contributed by atoms with E-state index >= 15 is 0 Å². The Morgan fingerprint density at radius 1 is 1.41 bits per heavy atom. The zero-order chi connectivity index (χ0) is 12.1. The van der Waals surface area contributed by atoms with Gasteiger partial charge in [0.1, 0.15) is 11.6 Å². The van der Waals surface area contributed by atoms with Crippen molar-refractivity contribution in [3.8, 4) is 5.75 Å². The molecule has 0 spiro atoms. The van der Waals surface area contributed by atoms with Gasteiger partial charge in [-0.25, -0.2) is 4.39 Å². The smallest absolute Gasteiger partial charge is 0.130 e. The average molecular weight is 237 g/mol. The first-order valence-electron chi connectivity index (χ1n) is 6.36. The van der Waals surface area contributed by atoms with E-state index < -0.39 is 0 Å². The summed E-state index contributed by atoms with van der Waals surface area (Å²) in [6, 6.07) is 5.56. The minimum absolute atomic E-state index is 0.153. The standard InChI is InChI=1S/C14H20FNO/c1-17-14-7-4-6-13(15)12(14)9-8-11-5-2-3-10-16-11/h4,6-7,11,16H,2-3,5,8-10H2,1H3. The Balaban J connectivity index is 1.97. The third-order valence-electron chi connectivity index (χ3n) is 3.45. The minimum Gasteiger partial charge on any atom is -0.496 e. The number of halogens is 1. The van der Waals surface area contributed by atoms with E-state index in [1.807, 2.05) is 6.07 Å². The molecule has 2 nitrogen and oxygen atoms in total. The molecule has 94 valence electrons. The molecule has 0 amide bonds. The second kappa shape index (κ2) is 6.01. The van der Waals surface area contributed by atoms with Crippen LogP contribution in [0.15, 0.2) is 18.2 Å². The van der Waals surface area contributed by atoms with Gasteiger partial charge in [-0.3, -0.25) is 0 Å². The van der Waals surface area contributed by atoms with Gasteiger partial charge in [0, 0.05) is 11.6 Å². The van der Waals surface area contributed by atoms with Crippen molar-refractivity contribution < 1.29 is 9.13 Å². The lowest BCUT2D eigenvalue weighted by Crippen LogP contribution is -2.34. The molecule has 1 unspecified atom stereocenters. The Bertz CT molecular complexity index is 361. The maximum absolute atomic E-state index is 13.7. The van der Waals surface area contributed by atoms with Crippen molar-refractivity contribution in [3.05, 3.63) is 29.6 Å². The van der Waals surface area contributed by atoms with Crippen molar-refractivity contribution in [1.29, 1.82) is 0 Å². The van der Waals surface area contributed by atoms with E-state index in [-0.39, 0.29) is 5.82 Å². The lowest BCUT2D eigenvalue weighted by Gasteiger charge is -2.23. The van der Waals surface area contributed by atoms with Crippen LogP contribution in [0.2, 0.25) is 0 Å². The van der Waals surface area contributed by atoms with Crippen LogP contribution in [0.3, 0.4) is 0 Å². The molecule has 0 aliphatic carbocycles. The average Bonchev–Trinajstić information content (AvgIpc) is 2.38. The van der Waals surface area contributed by atoms with E-state index in [0.29, 0.717) is 17.4 Å². The quantitative estimate of drug-likeness (QED) is 0.869. The molecule has 1 saturated heterocycles. The van der Waals surface area contributed by atoms with E-state index in [1.54, 1.807) is 13.2 Å². The Hall–Kier alpha value is -1.09. The molecule has 1 aliphatic rings. The molecule has 0 bridgehead atoms. The second-order valence-electron chi connectivity index (χ2n) is 4.61. The highest BCUT2D eigenvalue weighted by Gasteiger charge is 2.15. The summed E-state index contributed by atoms with van der Waals surface area (Å²) in [6.45, 7) is 1.10. The summed E-state index contributed by atoms with van der Waals surface area (Å²) in [5, 5.41) is 3.48. The van der Waals surface area contributed by atoms with E-state index in [9.17, 15) is 4.39 Å². The van der Waals surface area contributed by atoms with Gasteiger partial charge in [-0.05, 0) is 44.4 Å². The van der Waals surface area contributed by atoms with Crippen LogP contribution in [-0.4, -0.2) is 19.7 Å². The lowest BCUT2D eigenvalue weighted by molar-refractivity contribution is 0.373. The summed E-state index contributed by atoms with van der Waals surface area (Å²) in [5.74, 6) is 0.515. The molecule has 17 heavy (non-hydrogen) atoms. The summed E-state index contributed by atoms with van der Waals surface area (Å²) in [5.41, 5.74) is 0.711. The Morgan fingerprint density at radius 2 is 2.29 bits per heavy atom. The van der Waals surface area contributed by atoms with E-state index in [2.05, 4.69) is 5.32 Å². The molecule has 0 saturated carbocycles. The van der Waals surface area contributed by atoms with Gasteiger partial charge in [0.2, 0.25) is 0 Å². The fraction of sp³-hybridized carbons (Fsp3) is 0.571. The summed E-state index contributed by atoms with van der Waals surface area (Å²) in [7, 11) is 1.59. The van der Waals surface area contributed by atoms with Crippen molar-refractivity contribution in [2.24, 2.45) is 0 Å².